The van der Waals surface area contributed by atoms with Gasteiger partial charge in [0.15, 0.2) is 0 Å². The van der Waals surface area contributed by atoms with Crippen LogP contribution in [0.3, 0.4) is 0 Å². The lowest BCUT2D eigenvalue weighted by Gasteiger charge is -2.33. The fourth-order valence-corrected chi connectivity index (χ4v) is 5.69. The fraction of sp³-hybridized carbons (Fsp3) is 1.00. The highest BCUT2D eigenvalue weighted by Crippen LogP contribution is 2.29. The Labute approximate surface area is 109 Å². The Hall–Kier alpha value is 0.660. The van der Waals surface area contributed by atoms with E-state index < -0.39 is 0 Å². The first-order valence-electron chi connectivity index (χ1n) is 6.66. The Morgan fingerprint density at radius 2 is 1.81 bits per heavy atom. The Morgan fingerprint density at radius 1 is 1.06 bits per heavy atom. The van der Waals surface area contributed by atoms with Crippen molar-refractivity contribution in [3.63, 3.8) is 0 Å². The van der Waals surface area contributed by atoms with Gasteiger partial charge in [0, 0.05) is 35.1 Å². The third kappa shape index (κ3) is 4.15. The Morgan fingerprint density at radius 3 is 2.44 bits per heavy atom. The average Bonchev–Trinajstić information content (AvgIpc) is 2.27. The maximum atomic E-state index is 3.82. The van der Waals surface area contributed by atoms with Crippen LogP contribution in [0.5, 0.6) is 0 Å². The van der Waals surface area contributed by atoms with Crippen molar-refractivity contribution in [1.29, 1.82) is 0 Å². The number of hydrogen-bond donors (Lipinski definition) is 1. The molecule has 3 heteroatoms. The summed E-state index contributed by atoms with van der Waals surface area (Å²) in [4.78, 5) is 0. The first-order chi connectivity index (χ1) is 7.74. The quantitative estimate of drug-likeness (QED) is 0.835. The molecule has 0 radical (unpaired) electrons. The van der Waals surface area contributed by atoms with E-state index in [1.165, 1.54) is 43.1 Å². The zero-order valence-corrected chi connectivity index (χ0v) is 12.2. The molecule has 1 aliphatic heterocycles. The van der Waals surface area contributed by atoms with Gasteiger partial charge in [0.05, 0.1) is 0 Å². The molecule has 0 bridgehead atoms. The van der Waals surface area contributed by atoms with Gasteiger partial charge in [-0.3, -0.25) is 0 Å². The summed E-state index contributed by atoms with van der Waals surface area (Å²) >= 11 is 4.30. The summed E-state index contributed by atoms with van der Waals surface area (Å²) in [5.74, 6) is 5.92. The summed E-state index contributed by atoms with van der Waals surface area (Å²) in [6, 6.07) is 0.797. The van der Waals surface area contributed by atoms with Crippen LogP contribution < -0.4 is 5.32 Å². The Bertz CT molecular complexity index is 194. The van der Waals surface area contributed by atoms with Crippen LogP contribution in [0, 0.1) is 11.8 Å². The van der Waals surface area contributed by atoms with Crippen LogP contribution in [-0.4, -0.2) is 35.1 Å². The van der Waals surface area contributed by atoms with E-state index in [0.29, 0.717) is 0 Å². The summed E-state index contributed by atoms with van der Waals surface area (Å²) in [5, 5.41) is 4.68. The molecule has 1 saturated carbocycles. The summed E-state index contributed by atoms with van der Waals surface area (Å²) in [6.45, 7) is 6.06. The van der Waals surface area contributed by atoms with Crippen LogP contribution in [0.15, 0.2) is 0 Å². The van der Waals surface area contributed by atoms with Crippen molar-refractivity contribution in [3.05, 3.63) is 0 Å². The van der Waals surface area contributed by atoms with E-state index in [4.69, 9.17) is 0 Å². The first-order valence-corrected chi connectivity index (χ1v) is 8.87. The molecule has 1 heterocycles. The lowest BCUT2D eigenvalue weighted by molar-refractivity contribution is 0.240. The molecule has 0 aromatic carbocycles. The standard InChI is InChI=1S/C13H25NS2/c1-10-5-11(2)7-12(6-10)14-8-13-9-15-3-4-16-13/h10-14H,3-9H2,1-2H3. The van der Waals surface area contributed by atoms with Gasteiger partial charge in [-0.25, -0.2) is 0 Å². The molecule has 1 nitrogen and oxygen atoms in total. The van der Waals surface area contributed by atoms with E-state index in [-0.39, 0.29) is 0 Å². The van der Waals surface area contributed by atoms with Crippen LogP contribution in [0.2, 0.25) is 0 Å². The molecule has 16 heavy (non-hydrogen) atoms. The molecule has 1 N–H and O–H groups in total. The Kier molecular flexibility index (Phi) is 5.37. The van der Waals surface area contributed by atoms with Crippen LogP contribution in [0.4, 0.5) is 0 Å². The predicted octanol–water partition coefficient (Wildman–Crippen LogP) is 3.25. The highest BCUT2D eigenvalue weighted by atomic mass is 32.2. The highest BCUT2D eigenvalue weighted by molar-refractivity contribution is 8.06. The molecule has 2 fully saturated rings. The molecule has 1 aliphatic carbocycles. The normalized spacial score (nSPS) is 40.9. The van der Waals surface area contributed by atoms with Crippen molar-refractivity contribution in [2.75, 3.05) is 23.8 Å². The summed E-state index contributed by atoms with van der Waals surface area (Å²) in [6.07, 6.45) is 4.23. The van der Waals surface area contributed by atoms with E-state index in [2.05, 4.69) is 42.7 Å². The predicted molar refractivity (Wildman–Crippen MR) is 77.5 cm³/mol. The second-order valence-corrected chi connectivity index (χ2v) is 8.15. The van der Waals surface area contributed by atoms with Crippen LogP contribution in [0.1, 0.15) is 33.1 Å². The molecule has 3 atom stereocenters. The molecule has 0 spiro atoms. The smallest absolute Gasteiger partial charge is 0.0263 e. The maximum absolute atomic E-state index is 3.82. The minimum absolute atomic E-state index is 0.797. The minimum atomic E-state index is 0.797. The molecule has 94 valence electrons. The lowest BCUT2D eigenvalue weighted by Crippen LogP contribution is -2.40. The van der Waals surface area contributed by atoms with Gasteiger partial charge in [0.25, 0.3) is 0 Å². The minimum Gasteiger partial charge on any atom is -0.313 e. The molecule has 3 unspecified atom stereocenters. The van der Waals surface area contributed by atoms with E-state index in [9.17, 15) is 0 Å². The van der Waals surface area contributed by atoms with Gasteiger partial charge in [-0.2, -0.15) is 23.5 Å². The molecule has 1 saturated heterocycles. The largest absolute Gasteiger partial charge is 0.313 e. The maximum Gasteiger partial charge on any atom is 0.0263 e. The third-order valence-corrected chi connectivity index (χ3v) is 6.54. The van der Waals surface area contributed by atoms with Crippen molar-refractivity contribution in [1.82, 2.24) is 5.32 Å². The number of nitrogens with one attached hydrogen (secondary N) is 1. The van der Waals surface area contributed by atoms with Crippen LogP contribution >= 0.6 is 23.5 Å². The molecule has 0 amide bonds. The van der Waals surface area contributed by atoms with Gasteiger partial charge in [-0.05, 0) is 31.1 Å². The first kappa shape index (κ1) is 13.1. The van der Waals surface area contributed by atoms with Gasteiger partial charge < -0.3 is 5.32 Å². The van der Waals surface area contributed by atoms with Gasteiger partial charge in [-0.1, -0.05) is 13.8 Å². The molecular weight excluding hydrogens is 234 g/mol. The van der Waals surface area contributed by atoms with Gasteiger partial charge in [0.1, 0.15) is 0 Å². The van der Waals surface area contributed by atoms with Crippen LogP contribution in [0.25, 0.3) is 0 Å². The highest BCUT2D eigenvalue weighted by Gasteiger charge is 2.24. The van der Waals surface area contributed by atoms with Crippen LogP contribution in [-0.2, 0) is 0 Å². The summed E-state index contributed by atoms with van der Waals surface area (Å²) in [7, 11) is 0. The molecule has 0 aromatic rings. The topological polar surface area (TPSA) is 12.0 Å². The molecule has 2 aliphatic rings. The van der Waals surface area contributed by atoms with Crippen molar-refractivity contribution in [2.24, 2.45) is 11.8 Å². The number of rotatable bonds is 3. The molecule has 0 aromatic heterocycles. The third-order valence-electron chi connectivity index (χ3n) is 3.70. The van der Waals surface area contributed by atoms with Crippen molar-refractivity contribution >= 4 is 23.5 Å². The van der Waals surface area contributed by atoms with E-state index in [1.54, 1.807) is 0 Å². The van der Waals surface area contributed by atoms with Gasteiger partial charge in [-0.15, -0.1) is 0 Å². The number of thioether (sulfide) groups is 2. The lowest BCUT2D eigenvalue weighted by atomic mass is 9.80. The van der Waals surface area contributed by atoms with Gasteiger partial charge in [0.2, 0.25) is 0 Å². The van der Waals surface area contributed by atoms with Crippen molar-refractivity contribution in [2.45, 2.75) is 44.4 Å². The van der Waals surface area contributed by atoms with E-state index in [0.717, 1.165) is 23.1 Å². The Balaban J connectivity index is 1.68. The fourth-order valence-electron chi connectivity index (χ4n) is 3.07. The van der Waals surface area contributed by atoms with Crippen molar-refractivity contribution in [3.8, 4) is 0 Å². The second kappa shape index (κ2) is 6.55. The molecule has 2 rings (SSSR count). The zero-order chi connectivity index (χ0) is 11.4. The molecular formula is C13H25NS2. The summed E-state index contributed by atoms with van der Waals surface area (Å²) < 4.78 is 0. The second-order valence-electron chi connectivity index (χ2n) is 5.59. The van der Waals surface area contributed by atoms with Crippen molar-refractivity contribution < 1.29 is 0 Å². The monoisotopic (exact) mass is 259 g/mol. The van der Waals surface area contributed by atoms with E-state index in [1.807, 2.05) is 0 Å². The SMILES string of the molecule is CC1CC(C)CC(NCC2CSCCS2)C1. The van der Waals surface area contributed by atoms with E-state index >= 15 is 0 Å². The average molecular weight is 259 g/mol. The number of hydrogen-bond acceptors (Lipinski definition) is 3. The van der Waals surface area contributed by atoms with Gasteiger partial charge >= 0.3 is 0 Å². The zero-order valence-electron chi connectivity index (χ0n) is 10.6. The summed E-state index contributed by atoms with van der Waals surface area (Å²) in [5.41, 5.74) is 0.